The van der Waals surface area contributed by atoms with Crippen LogP contribution in [0.25, 0.3) is 16.7 Å². The second-order valence-corrected chi connectivity index (χ2v) is 4.27. The van der Waals surface area contributed by atoms with E-state index >= 15 is 0 Å². The number of aromatic nitrogens is 2. The zero-order chi connectivity index (χ0) is 12.7. The predicted molar refractivity (Wildman–Crippen MR) is 70.5 cm³/mol. The Kier molecular flexibility index (Phi) is 2.45. The second kappa shape index (κ2) is 3.99. The molecule has 0 aliphatic heterocycles. The summed E-state index contributed by atoms with van der Waals surface area (Å²) in [6.07, 6.45) is 0. The third-order valence-corrected chi connectivity index (χ3v) is 3.05. The normalized spacial score (nSPS) is 11.0. The molecule has 0 radical (unpaired) electrons. The van der Waals surface area contributed by atoms with Crippen LogP contribution in [0.1, 0.15) is 0 Å². The summed E-state index contributed by atoms with van der Waals surface area (Å²) < 4.78 is 15.6. The zero-order valence-electron chi connectivity index (χ0n) is 9.27. The molecule has 0 saturated carbocycles. The predicted octanol–water partition coefficient (Wildman–Crippen LogP) is 3.40. The number of halogens is 2. The molecule has 0 fully saturated rings. The number of nitrogens with two attached hydrogens (primary N) is 1. The largest absolute Gasteiger partial charge is 0.369 e. The maximum absolute atomic E-state index is 14.0. The molecule has 90 valence electrons. The van der Waals surface area contributed by atoms with E-state index in [-0.39, 0.29) is 11.0 Å². The van der Waals surface area contributed by atoms with E-state index in [2.05, 4.69) is 4.98 Å². The van der Waals surface area contributed by atoms with Gasteiger partial charge in [0.1, 0.15) is 0 Å². The molecule has 2 aromatic carbocycles. The van der Waals surface area contributed by atoms with Crippen molar-refractivity contribution >= 4 is 28.6 Å². The van der Waals surface area contributed by atoms with Crippen molar-refractivity contribution in [1.29, 1.82) is 0 Å². The molecule has 0 amide bonds. The number of imidazole rings is 1. The van der Waals surface area contributed by atoms with E-state index in [1.54, 1.807) is 16.7 Å². The Morgan fingerprint density at radius 1 is 1.11 bits per heavy atom. The van der Waals surface area contributed by atoms with E-state index in [9.17, 15) is 4.39 Å². The lowest BCUT2D eigenvalue weighted by Gasteiger charge is -2.08. The van der Waals surface area contributed by atoms with Gasteiger partial charge in [-0.1, -0.05) is 29.8 Å². The van der Waals surface area contributed by atoms with E-state index in [0.717, 1.165) is 11.0 Å². The topological polar surface area (TPSA) is 43.8 Å². The highest BCUT2D eigenvalue weighted by atomic mass is 35.5. The summed E-state index contributed by atoms with van der Waals surface area (Å²) in [5.41, 5.74) is 7.61. The number of hydrogen-bond acceptors (Lipinski definition) is 2. The maximum Gasteiger partial charge on any atom is 0.206 e. The van der Waals surface area contributed by atoms with Gasteiger partial charge in [0.15, 0.2) is 5.82 Å². The third kappa shape index (κ3) is 1.54. The minimum atomic E-state index is -0.506. The summed E-state index contributed by atoms with van der Waals surface area (Å²) in [4.78, 5) is 4.19. The van der Waals surface area contributed by atoms with Crippen molar-refractivity contribution in [1.82, 2.24) is 9.55 Å². The highest BCUT2D eigenvalue weighted by molar-refractivity contribution is 6.30. The number of fused-ring (bicyclic) bond motifs is 1. The third-order valence-electron chi connectivity index (χ3n) is 2.76. The summed E-state index contributed by atoms with van der Waals surface area (Å²) >= 11 is 5.78. The number of hydrogen-bond donors (Lipinski definition) is 1. The zero-order valence-corrected chi connectivity index (χ0v) is 10.0. The lowest BCUT2D eigenvalue weighted by atomic mass is 10.2. The van der Waals surface area contributed by atoms with Crippen LogP contribution in [0.2, 0.25) is 5.02 Å². The van der Waals surface area contributed by atoms with Gasteiger partial charge in [0.25, 0.3) is 0 Å². The van der Waals surface area contributed by atoms with Crippen molar-refractivity contribution in [3.8, 4) is 5.69 Å². The van der Waals surface area contributed by atoms with Crippen molar-refractivity contribution in [3.05, 3.63) is 53.3 Å². The summed E-state index contributed by atoms with van der Waals surface area (Å²) in [5, 5.41) is 0.0599. The van der Waals surface area contributed by atoms with Crippen LogP contribution in [-0.4, -0.2) is 9.55 Å². The number of anilines is 1. The van der Waals surface area contributed by atoms with E-state index in [1.165, 1.54) is 6.07 Å². The molecule has 1 heterocycles. The first-order valence-corrected chi connectivity index (χ1v) is 5.73. The van der Waals surface area contributed by atoms with Crippen molar-refractivity contribution in [2.24, 2.45) is 0 Å². The smallest absolute Gasteiger partial charge is 0.206 e. The molecule has 0 aliphatic carbocycles. The molecule has 0 aliphatic rings. The van der Waals surface area contributed by atoms with E-state index < -0.39 is 5.82 Å². The fourth-order valence-electron chi connectivity index (χ4n) is 1.96. The van der Waals surface area contributed by atoms with Crippen LogP contribution in [-0.2, 0) is 0 Å². The van der Waals surface area contributed by atoms with Crippen molar-refractivity contribution in [2.75, 3.05) is 5.73 Å². The molecule has 0 spiro atoms. The average Bonchev–Trinajstić information content (AvgIpc) is 2.69. The minimum Gasteiger partial charge on any atom is -0.369 e. The van der Waals surface area contributed by atoms with Crippen molar-refractivity contribution in [3.63, 3.8) is 0 Å². The Bertz CT molecular complexity index is 736. The molecule has 18 heavy (non-hydrogen) atoms. The van der Waals surface area contributed by atoms with Gasteiger partial charge < -0.3 is 5.73 Å². The molecule has 0 unspecified atom stereocenters. The summed E-state index contributed by atoms with van der Waals surface area (Å²) in [5.74, 6) is -0.272. The SMILES string of the molecule is Nc1nc2ccccc2n1-c1cccc(Cl)c1F. The average molecular weight is 262 g/mol. The van der Waals surface area contributed by atoms with Gasteiger partial charge in [-0.3, -0.25) is 4.57 Å². The highest BCUT2D eigenvalue weighted by Gasteiger charge is 2.14. The summed E-state index contributed by atoms with van der Waals surface area (Å²) in [7, 11) is 0. The molecular formula is C13H9ClFN3. The lowest BCUT2D eigenvalue weighted by Crippen LogP contribution is -2.03. The van der Waals surface area contributed by atoms with Crippen LogP contribution in [0.4, 0.5) is 10.3 Å². The molecule has 0 bridgehead atoms. The van der Waals surface area contributed by atoms with Gasteiger partial charge >= 0.3 is 0 Å². The van der Waals surface area contributed by atoms with Gasteiger partial charge in [-0.25, -0.2) is 9.37 Å². The van der Waals surface area contributed by atoms with Gasteiger partial charge in [0, 0.05) is 0 Å². The van der Waals surface area contributed by atoms with E-state index in [0.29, 0.717) is 5.69 Å². The molecule has 1 aromatic heterocycles. The first kappa shape index (κ1) is 11.0. The van der Waals surface area contributed by atoms with Crippen LogP contribution < -0.4 is 5.73 Å². The fraction of sp³-hybridized carbons (Fsp3) is 0. The lowest BCUT2D eigenvalue weighted by molar-refractivity contribution is 0.620. The number of para-hydroxylation sites is 2. The summed E-state index contributed by atoms with van der Waals surface area (Å²) in [6, 6.07) is 12.1. The van der Waals surface area contributed by atoms with Crippen LogP contribution in [0.5, 0.6) is 0 Å². The number of rotatable bonds is 1. The highest BCUT2D eigenvalue weighted by Crippen LogP contribution is 2.27. The van der Waals surface area contributed by atoms with Crippen LogP contribution >= 0.6 is 11.6 Å². The molecule has 3 rings (SSSR count). The molecule has 3 nitrogen and oxygen atoms in total. The van der Waals surface area contributed by atoms with E-state index in [1.807, 2.05) is 24.3 Å². The van der Waals surface area contributed by atoms with Crippen LogP contribution in [0.15, 0.2) is 42.5 Å². The quantitative estimate of drug-likeness (QED) is 0.730. The van der Waals surface area contributed by atoms with Crippen molar-refractivity contribution < 1.29 is 4.39 Å². The Labute approximate surface area is 108 Å². The van der Waals surface area contributed by atoms with Gasteiger partial charge in [-0.05, 0) is 24.3 Å². The molecule has 0 saturated heterocycles. The van der Waals surface area contributed by atoms with Gasteiger partial charge in [-0.15, -0.1) is 0 Å². The summed E-state index contributed by atoms with van der Waals surface area (Å²) in [6.45, 7) is 0. The maximum atomic E-state index is 14.0. The number of nitrogen functional groups attached to an aromatic ring is 1. The number of nitrogens with zero attached hydrogens (tertiary/aromatic N) is 2. The van der Waals surface area contributed by atoms with Gasteiger partial charge in [0.2, 0.25) is 5.95 Å². The number of benzene rings is 2. The van der Waals surface area contributed by atoms with Crippen LogP contribution in [0.3, 0.4) is 0 Å². The first-order chi connectivity index (χ1) is 8.68. The Morgan fingerprint density at radius 2 is 1.89 bits per heavy atom. The second-order valence-electron chi connectivity index (χ2n) is 3.87. The minimum absolute atomic E-state index is 0.0599. The molecule has 5 heteroatoms. The molecule has 3 aromatic rings. The van der Waals surface area contributed by atoms with Gasteiger partial charge in [0.05, 0.1) is 21.7 Å². The monoisotopic (exact) mass is 261 g/mol. The van der Waals surface area contributed by atoms with Crippen LogP contribution in [0, 0.1) is 5.82 Å². The standard InChI is InChI=1S/C13H9ClFN3/c14-8-4-3-7-11(12(8)15)18-10-6-2-1-5-9(10)17-13(18)16/h1-7H,(H2,16,17). The molecule has 2 N–H and O–H groups in total. The molecular weight excluding hydrogens is 253 g/mol. The first-order valence-electron chi connectivity index (χ1n) is 5.36. The van der Waals surface area contributed by atoms with Crippen molar-refractivity contribution in [2.45, 2.75) is 0 Å². The Morgan fingerprint density at radius 3 is 2.72 bits per heavy atom. The fourth-order valence-corrected chi connectivity index (χ4v) is 2.13. The molecule has 0 atom stereocenters. The Hall–Kier alpha value is -2.07. The van der Waals surface area contributed by atoms with Gasteiger partial charge in [-0.2, -0.15) is 0 Å². The Balaban J connectivity index is 2.38. The van der Waals surface area contributed by atoms with E-state index in [4.69, 9.17) is 17.3 Å².